The Labute approximate surface area is 92.6 Å². The van der Waals surface area contributed by atoms with Gasteiger partial charge in [0, 0.05) is 16.9 Å². The smallest absolute Gasteiger partial charge is 0.104 e. The van der Waals surface area contributed by atoms with E-state index >= 15 is 0 Å². The molecule has 1 unspecified atom stereocenters. The topological polar surface area (TPSA) is 24.4 Å². The van der Waals surface area contributed by atoms with Crippen molar-refractivity contribution in [3.8, 4) is 0 Å². The standard InChI is InChI=1S/C11H13BrN2/c1-8(11-13-5-6-14-11)9-3-2-4-10(12)7-9/h2-4,7-8H,5-6H2,1H3,(H,13,14). The molecule has 1 aromatic carbocycles. The molecule has 0 radical (unpaired) electrons. The number of nitrogens with one attached hydrogen (secondary N) is 1. The van der Waals surface area contributed by atoms with Crippen LogP contribution in [-0.2, 0) is 0 Å². The minimum Gasteiger partial charge on any atom is -0.371 e. The summed E-state index contributed by atoms with van der Waals surface area (Å²) in [5, 5.41) is 3.31. The fourth-order valence-corrected chi connectivity index (χ4v) is 2.06. The lowest BCUT2D eigenvalue weighted by Gasteiger charge is -2.12. The van der Waals surface area contributed by atoms with Gasteiger partial charge in [0.1, 0.15) is 5.84 Å². The van der Waals surface area contributed by atoms with Crippen molar-refractivity contribution in [1.82, 2.24) is 5.32 Å². The zero-order valence-corrected chi connectivity index (χ0v) is 9.71. The third-order valence-corrected chi connectivity index (χ3v) is 2.95. The van der Waals surface area contributed by atoms with E-state index in [2.05, 4.69) is 51.4 Å². The molecule has 0 fully saturated rings. The summed E-state index contributed by atoms with van der Waals surface area (Å²) in [5.74, 6) is 1.48. The Bertz CT molecular complexity index is 360. The summed E-state index contributed by atoms with van der Waals surface area (Å²) in [4.78, 5) is 4.43. The molecule has 1 aliphatic heterocycles. The van der Waals surface area contributed by atoms with Gasteiger partial charge < -0.3 is 5.32 Å². The molecular weight excluding hydrogens is 240 g/mol. The van der Waals surface area contributed by atoms with Gasteiger partial charge in [0.15, 0.2) is 0 Å². The lowest BCUT2D eigenvalue weighted by Crippen LogP contribution is -2.23. The number of hydrogen-bond donors (Lipinski definition) is 1. The number of amidine groups is 1. The third kappa shape index (κ3) is 1.98. The number of hydrogen-bond acceptors (Lipinski definition) is 2. The Hall–Kier alpha value is -0.830. The average molecular weight is 253 g/mol. The van der Waals surface area contributed by atoms with Crippen molar-refractivity contribution in [3.63, 3.8) is 0 Å². The fourth-order valence-electron chi connectivity index (χ4n) is 1.64. The predicted octanol–water partition coefficient (Wildman–Crippen LogP) is 2.55. The predicted molar refractivity (Wildman–Crippen MR) is 62.9 cm³/mol. The largest absolute Gasteiger partial charge is 0.371 e. The summed E-state index contributed by atoms with van der Waals surface area (Å²) in [6.07, 6.45) is 0. The summed E-state index contributed by atoms with van der Waals surface area (Å²) in [7, 11) is 0. The molecule has 3 heteroatoms. The average Bonchev–Trinajstić information content (AvgIpc) is 2.69. The summed E-state index contributed by atoms with van der Waals surface area (Å²) in [5.41, 5.74) is 1.30. The molecule has 0 saturated carbocycles. The summed E-state index contributed by atoms with van der Waals surface area (Å²) < 4.78 is 1.13. The molecule has 0 spiro atoms. The van der Waals surface area contributed by atoms with Gasteiger partial charge in [0.05, 0.1) is 6.54 Å². The van der Waals surface area contributed by atoms with E-state index in [0.29, 0.717) is 5.92 Å². The van der Waals surface area contributed by atoms with E-state index < -0.39 is 0 Å². The van der Waals surface area contributed by atoms with Crippen LogP contribution < -0.4 is 5.32 Å². The van der Waals surface area contributed by atoms with E-state index in [1.54, 1.807) is 0 Å². The first-order chi connectivity index (χ1) is 6.77. The molecule has 1 N–H and O–H groups in total. The summed E-state index contributed by atoms with van der Waals surface area (Å²) >= 11 is 3.48. The van der Waals surface area contributed by atoms with E-state index in [0.717, 1.165) is 23.4 Å². The normalized spacial score (nSPS) is 17.4. The quantitative estimate of drug-likeness (QED) is 0.860. The van der Waals surface area contributed by atoms with Crippen LogP contribution in [0.15, 0.2) is 33.7 Å². The van der Waals surface area contributed by atoms with Crippen LogP contribution in [0, 0.1) is 0 Å². The molecular formula is C11H13BrN2. The van der Waals surface area contributed by atoms with Gasteiger partial charge in [-0.15, -0.1) is 0 Å². The Morgan fingerprint density at radius 2 is 2.36 bits per heavy atom. The SMILES string of the molecule is CC(C1=NCCN1)c1cccc(Br)c1. The first-order valence-corrected chi connectivity index (χ1v) is 5.60. The molecule has 0 amide bonds. The zero-order chi connectivity index (χ0) is 9.97. The van der Waals surface area contributed by atoms with Crippen molar-refractivity contribution in [2.45, 2.75) is 12.8 Å². The minimum atomic E-state index is 0.370. The van der Waals surface area contributed by atoms with Crippen LogP contribution in [0.5, 0.6) is 0 Å². The highest BCUT2D eigenvalue weighted by molar-refractivity contribution is 9.10. The van der Waals surface area contributed by atoms with Crippen LogP contribution in [0.25, 0.3) is 0 Å². The number of rotatable bonds is 2. The molecule has 2 nitrogen and oxygen atoms in total. The van der Waals surface area contributed by atoms with Crippen molar-refractivity contribution in [2.24, 2.45) is 4.99 Å². The molecule has 0 bridgehead atoms. The van der Waals surface area contributed by atoms with Gasteiger partial charge >= 0.3 is 0 Å². The molecule has 0 saturated heterocycles. The van der Waals surface area contributed by atoms with Gasteiger partial charge in [0.25, 0.3) is 0 Å². The van der Waals surface area contributed by atoms with Crippen molar-refractivity contribution < 1.29 is 0 Å². The van der Waals surface area contributed by atoms with Gasteiger partial charge in [-0.05, 0) is 17.7 Å². The molecule has 0 aromatic heterocycles. The van der Waals surface area contributed by atoms with E-state index in [1.807, 2.05) is 6.07 Å². The van der Waals surface area contributed by atoms with E-state index in [1.165, 1.54) is 5.56 Å². The number of nitrogens with zero attached hydrogens (tertiary/aromatic N) is 1. The van der Waals surface area contributed by atoms with Gasteiger partial charge in [-0.2, -0.15) is 0 Å². The molecule has 14 heavy (non-hydrogen) atoms. The van der Waals surface area contributed by atoms with Crippen LogP contribution >= 0.6 is 15.9 Å². The second kappa shape index (κ2) is 4.13. The maximum absolute atomic E-state index is 4.43. The fraction of sp³-hybridized carbons (Fsp3) is 0.364. The van der Waals surface area contributed by atoms with Crippen molar-refractivity contribution in [2.75, 3.05) is 13.1 Å². The highest BCUT2D eigenvalue weighted by Crippen LogP contribution is 2.21. The Balaban J connectivity index is 2.22. The number of aliphatic imine (C=N–C) groups is 1. The van der Waals surface area contributed by atoms with E-state index in [4.69, 9.17) is 0 Å². The highest BCUT2D eigenvalue weighted by atomic mass is 79.9. The van der Waals surface area contributed by atoms with Crippen molar-refractivity contribution >= 4 is 21.8 Å². The van der Waals surface area contributed by atoms with E-state index in [9.17, 15) is 0 Å². The molecule has 1 heterocycles. The first-order valence-electron chi connectivity index (χ1n) is 4.81. The second-order valence-corrected chi connectivity index (χ2v) is 4.39. The van der Waals surface area contributed by atoms with Crippen LogP contribution in [0.4, 0.5) is 0 Å². The van der Waals surface area contributed by atoms with Gasteiger partial charge in [-0.25, -0.2) is 0 Å². The number of halogens is 1. The number of benzene rings is 1. The molecule has 2 rings (SSSR count). The van der Waals surface area contributed by atoms with Crippen molar-refractivity contribution in [3.05, 3.63) is 34.3 Å². The molecule has 0 aliphatic carbocycles. The van der Waals surface area contributed by atoms with E-state index in [-0.39, 0.29) is 0 Å². The lowest BCUT2D eigenvalue weighted by molar-refractivity contribution is 0.918. The van der Waals surface area contributed by atoms with Crippen LogP contribution in [0.1, 0.15) is 18.4 Å². The molecule has 74 valence electrons. The lowest BCUT2D eigenvalue weighted by atomic mass is 10.0. The van der Waals surface area contributed by atoms with Crippen LogP contribution in [0.2, 0.25) is 0 Å². The van der Waals surface area contributed by atoms with Crippen molar-refractivity contribution in [1.29, 1.82) is 0 Å². The highest BCUT2D eigenvalue weighted by Gasteiger charge is 2.15. The molecule has 1 aromatic rings. The first kappa shape index (κ1) is 9.71. The summed E-state index contributed by atoms with van der Waals surface area (Å²) in [6, 6.07) is 8.39. The Kier molecular flexibility index (Phi) is 2.87. The van der Waals surface area contributed by atoms with Gasteiger partial charge in [0.2, 0.25) is 0 Å². The summed E-state index contributed by atoms with van der Waals surface area (Å²) in [6.45, 7) is 4.07. The molecule has 1 aliphatic rings. The second-order valence-electron chi connectivity index (χ2n) is 3.47. The van der Waals surface area contributed by atoms with Gasteiger partial charge in [-0.3, -0.25) is 4.99 Å². The molecule has 1 atom stereocenters. The van der Waals surface area contributed by atoms with Gasteiger partial charge in [-0.1, -0.05) is 35.0 Å². The monoisotopic (exact) mass is 252 g/mol. The van der Waals surface area contributed by atoms with Crippen LogP contribution in [0.3, 0.4) is 0 Å². The Morgan fingerprint density at radius 1 is 1.50 bits per heavy atom. The maximum Gasteiger partial charge on any atom is 0.104 e. The minimum absolute atomic E-state index is 0.370. The third-order valence-electron chi connectivity index (χ3n) is 2.46. The van der Waals surface area contributed by atoms with Crippen LogP contribution in [-0.4, -0.2) is 18.9 Å². The maximum atomic E-state index is 4.43. The zero-order valence-electron chi connectivity index (χ0n) is 8.13. The Morgan fingerprint density at radius 3 is 3.00 bits per heavy atom.